The van der Waals surface area contributed by atoms with Crippen LogP contribution in [0.4, 0.5) is 13.2 Å². The van der Waals surface area contributed by atoms with Crippen molar-refractivity contribution in [2.24, 2.45) is 0 Å². The number of piperazine rings is 1. The Morgan fingerprint density at radius 1 is 1.00 bits per heavy atom. The van der Waals surface area contributed by atoms with Gasteiger partial charge in [-0.05, 0) is 23.8 Å². The van der Waals surface area contributed by atoms with Gasteiger partial charge in [0.1, 0.15) is 0 Å². The number of benzene rings is 2. The van der Waals surface area contributed by atoms with Crippen LogP contribution >= 0.6 is 11.6 Å². The molecule has 0 saturated carbocycles. The highest BCUT2D eigenvalue weighted by Crippen LogP contribution is 2.22. The van der Waals surface area contributed by atoms with Crippen molar-refractivity contribution in [3.8, 4) is 0 Å². The Morgan fingerprint density at radius 2 is 1.53 bits per heavy atom. The van der Waals surface area contributed by atoms with E-state index >= 15 is 0 Å². The fraction of sp³-hybridized carbons (Fsp3) is 0.381. The van der Waals surface area contributed by atoms with Gasteiger partial charge in [0, 0.05) is 44.3 Å². The number of hydrogen-bond acceptors (Lipinski definition) is 6. The molecule has 0 atom stereocenters. The van der Waals surface area contributed by atoms with Crippen molar-refractivity contribution in [3.05, 3.63) is 65.2 Å². The summed E-state index contributed by atoms with van der Waals surface area (Å²) in [5.74, 6) is -3.05. The van der Waals surface area contributed by atoms with Gasteiger partial charge in [0.2, 0.25) is 20.0 Å². The Balaban J connectivity index is 0.000000572. The molecule has 1 aliphatic heterocycles. The van der Waals surface area contributed by atoms with E-state index in [4.69, 9.17) is 21.5 Å². The minimum atomic E-state index is -5.08. The number of halogens is 4. The molecule has 36 heavy (non-hydrogen) atoms. The largest absolute Gasteiger partial charge is 0.490 e. The van der Waals surface area contributed by atoms with Crippen LogP contribution in [0.2, 0.25) is 5.02 Å². The van der Waals surface area contributed by atoms with E-state index in [0.29, 0.717) is 36.8 Å². The predicted molar refractivity (Wildman–Crippen MR) is 127 cm³/mol. The van der Waals surface area contributed by atoms with Gasteiger partial charge in [-0.25, -0.2) is 21.6 Å². The number of sulfonamides is 2. The van der Waals surface area contributed by atoms with Crippen LogP contribution in [0.15, 0.2) is 59.5 Å². The molecule has 3 rings (SSSR count). The van der Waals surface area contributed by atoms with Crippen LogP contribution in [-0.2, 0) is 31.4 Å². The molecule has 1 fully saturated rings. The zero-order chi connectivity index (χ0) is 27.0. The number of carboxylic acid groups (broad SMARTS) is 1. The number of carbonyl (C=O) groups is 1. The van der Waals surface area contributed by atoms with Crippen LogP contribution in [-0.4, -0.2) is 81.2 Å². The van der Waals surface area contributed by atoms with Crippen molar-refractivity contribution in [3.63, 3.8) is 0 Å². The lowest BCUT2D eigenvalue weighted by Crippen LogP contribution is -2.48. The summed E-state index contributed by atoms with van der Waals surface area (Å²) < 4.78 is 86.2. The average Bonchev–Trinajstić information content (AvgIpc) is 2.83. The van der Waals surface area contributed by atoms with Gasteiger partial charge in [0.15, 0.2) is 0 Å². The Kier molecular flexibility index (Phi) is 10.7. The Bertz CT molecular complexity index is 1220. The molecule has 1 aliphatic rings. The van der Waals surface area contributed by atoms with E-state index in [0.717, 1.165) is 0 Å². The minimum absolute atomic E-state index is 0.00598. The van der Waals surface area contributed by atoms with Crippen molar-refractivity contribution in [2.75, 3.05) is 38.5 Å². The smallest absolute Gasteiger partial charge is 0.475 e. The molecule has 0 aliphatic carbocycles. The SMILES string of the molecule is O=C(O)C(F)(F)F.O=S(=O)(CCN(Cc1ccccc1Cl)S(=O)(=O)c1ccccc1)N1CCNCC1. The Morgan fingerprint density at radius 3 is 2.06 bits per heavy atom. The summed E-state index contributed by atoms with van der Waals surface area (Å²) in [5.41, 5.74) is 0.619. The molecule has 200 valence electrons. The molecule has 15 heteroatoms. The van der Waals surface area contributed by atoms with Gasteiger partial charge in [-0.3, -0.25) is 0 Å². The maximum absolute atomic E-state index is 13.2. The third-order valence-corrected chi connectivity index (χ3v) is 9.07. The second-order valence-electron chi connectivity index (χ2n) is 7.51. The van der Waals surface area contributed by atoms with Crippen molar-refractivity contribution in [2.45, 2.75) is 17.6 Å². The molecular formula is C21H25ClF3N3O6S2. The van der Waals surface area contributed by atoms with E-state index < -0.39 is 32.2 Å². The van der Waals surface area contributed by atoms with Gasteiger partial charge >= 0.3 is 12.1 Å². The van der Waals surface area contributed by atoms with Crippen molar-refractivity contribution >= 4 is 37.6 Å². The first-order valence-corrected chi connectivity index (χ1v) is 13.9. The van der Waals surface area contributed by atoms with Crippen molar-refractivity contribution in [1.29, 1.82) is 0 Å². The second-order valence-corrected chi connectivity index (χ2v) is 11.9. The van der Waals surface area contributed by atoms with E-state index in [9.17, 15) is 30.0 Å². The highest BCUT2D eigenvalue weighted by atomic mass is 35.5. The number of alkyl halides is 3. The van der Waals surface area contributed by atoms with Crippen LogP contribution in [0.5, 0.6) is 0 Å². The lowest BCUT2D eigenvalue weighted by molar-refractivity contribution is -0.192. The molecule has 0 aromatic heterocycles. The van der Waals surface area contributed by atoms with Gasteiger partial charge in [0.05, 0.1) is 10.6 Å². The number of nitrogens with zero attached hydrogens (tertiary/aromatic N) is 2. The number of aliphatic carboxylic acids is 1. The van der Waals surface area contributed by atoms with Gasteiger partial charge in [-0.15, -0.1) is 0 Å². The number of nitrogens with one attached hydrogen (secondary N) is 1. The van der Waals surface area contributed by atoms with E-state index in [2.05, 4.69) is 5.32 Å². The highest BCUT2D eigenvalue weighted by molar-refractivity contribution is 7.90. The van der Waals surface area contributed by atoms with Crippen LogP contribution in [0, 0.1) is 0 Å². The second kappa shape index (κ2) is 12.8. The quantitative estimate of drug-likeness (QED) is 0.498. The zero-order valence-corrected chi connectivity index (χ0v) is 21.2. The molecule has 1 heterocycles. The van der Waals surface area contributed by atoms with Crippen LogP contribution in [0.25, 0.3) is 0 Å². The summed E-state index contributed by atoms with van der Waals surface area (Å²) in [6.07, 6.45) is -5.08. The van der Waals surface area contributed by atoms with Gasteiger partial charge in [-0.1, -0.05) is 48.0 Å². The van der Waals surface area contributed by atoms with Crippen LogP contribution < -0.4 is 5.32 Å². The Labute approximate surface area is 212 Å². The number of rotatable bonds is 8. The van der Waals surface area contributed by atoms with E-state index in [1.165, 1.54) is 20.7 Å². The summed E-state index contributed by atoms with van der Waals surface area (Å²) in [5, 5.41) is 10.7. The molecule has 0 unspecified atom stereocenters. The normalized spacial score (nSPS) is 15.2. The molecule has 2 N–H and O–H groups in total. The summed E-state index contributed by atoms with van der Waals surface area (Å²) in [7, 11) is -7.46. The topological polar surface area (TPSA) is 124 Å². The lowest BCUT2D eigenvalue weighted by atomic mass is 10.2. The maximum Gasteiger partial charge on any atom is 0.490 e. The van der Waals surface area contributed by atoms with E-state index in [-0.39, 0.29) is 23.7 Å². The average molecular weight is 572 g/mol. The number of hydrogen-bond donors (Lipinski definition) is 2. The minimum Gasteiger partial charge on any atom is -0.475 e. The first-order chi connectivity index (χ1) is 16.7. The molecule has 0 spiro atoms. The lowest BCUT2D eigenvalue weighted by Gasteiger charge is -2.28. The first-order valence-electron chi connectivity index (χ1n) is 10.5. The summed E-state index contributed by atoms with van der Waals surface area (Å²) in [4.78, 5) is 9.01. The molecule has 0 amide bonds. The third-order valence-electron chi connectivity index (χ3n) is 5.00. The standard InChI is InChI=1S/C19H24ClN3O4S2.C2HF3O2/c20-19-9-5-4-6-17(19)16-23(29(26,27)18-7-2-1-3-8-18)14-15-28(24,25)22-12-10-21-11-13-22;3-2(4,5)1(6)7/h1-9,21H,10-16H2;(H,6,7). The predicted octanol–water partition coefficient (Wildman–Crippen LogP) is 2.40. The van der Waals surface area contributed by atoms with Gasteiger partial charge in [0.25, 0.3) is 0 Å². The van der Waals surface area contributed by atoms with Crippen LogP contribution in [0.3, 0.4) is 0 Å². The molecule has 0 bridgehead atoms. The van der Waals surface area contributed by atoms with Crippen molar-refractivity contribution < 1.29 is 39.9 Å². The fourth-order valence-electron chi connectivity index (χ4n) is 3.11. The molecule has 2 aromatic carbocycles. The molecule has 9 nitrogen and oxygen atoms in total. The molecular weight excluding hydrogens is 547 g/mol. The summed E-state index contributed by atoms with van der Waals surface area (Å²) >= 11 is 6.22. The first kappa shape index (κ1) is 30.0. The monoisotopic (exact) mass is 571 g/mol. The third kappa shape index (κ3) is 8.71. The highest BCUT2D eigenvalue weighted by Gasteiger charge is 2.38. The Hall–Kier alpha value is -2.23. The zero-order valence-electron chi connectivity index (χ0n) is 18.9. The van der Waals surface area contributed by atoms with E-state index in [1.54, 1.807) is 42.5 Å². The fourth-order valence-corrected chi connectivity index (χ4v) is 6.31. The maximum atomic E-state index is 13.2. The molecule has 2 aromatic rings. The number of carboxylic acids is 1. The molecule has 0 radical (unpaired) electrons. The van der Waals surface area contributed by atoms with Gasteiger partial charge < -0.3 is 10.4 Å². The van der Waals surface area contributed by atoms with Gasteiger partial charge in [-0.2, -0.15) is 21.8 Å². The molecule has 1 saturated heterocycles. The summed E-state index contributed by atoms with van der Waals surface area (Å²) in [6, 6.07) is 15.0. The summed E-state index contributed by atoms with van der Waals surface area (Å²) in [6.45, 7) is 1.79. The van der Waals surface area contributed by atoms with E-state index in [1.807, 2.05) is 0 Å². The van der Waals surface area contributed by atoms with Crippen LogP contribution in [0.1, 0.15) is 5.56 Å². The van der Waals surface area contributed by atoms with Crippen molar-refractivity contribution in [1.82, 2.24) is 13.9 Å².